The highest BCUT2D eigenvalue weighted by molar-refractivity contribution is 8.01. The van der Waals surface area contributed by atoms with Gasteiger partial charge in [0.25, 0.3) is 0 Å². The third-order valence-corrected chi connectivity index (χ3v) is 4.96. The van der Waals surface area contributed by atoms with E-state index in [1.807, 2.05) is 0 Å². The Labute approximate surface area is 129 Å². The SMILES string of the molecule is Cc1nc(Sc2cc(Cl)ccc2C#N)sc1CC(=O)O. The molecule has 0 saturated carbocycles. The van der Waals surface area contributed by atoms with Crippen LogP contribution in [0.3, 0.4) is 0 Å². The molecule has 0 atom stereocenters. The lowest BCUT2D eigenvalue weighted by Crippen LogP contribution is -1.99. The number of halogens is 1. The van der Waals surface area contributed by atoms with Crippen molar-refractivity contribution in [2.24, 2.45) is 0 Å². The predicted molar refractivity (Wildman–Crippen MR) is 78.5 cm³/mol. The van der Waals surface area contributed by atoms with Gasteiger partial charge in [0.2, 0.25) is 0 Å². The molecule has 0 radical (unpaired) electrons. The number of carbonyl (C=O) groups is 1. The van der Waals surface area contributed by atoms with Gasteiger partial charge in [0, 0.05) is 14.8 Å². The fourth-order valence-corrected chi connectivity index (χ4v) is 4.05. The minimum atomic E-state index is -0.881. The molecule has 1 N–H and O–H groups in total. The minimum Gasteiger partial charge on any atom is -0.481 e. The fraction of sp³-hybridized carbons (Fsp3) is 0.154. The monoisotopic (exact) mass is 324 g/mol. The average molecular weight is 325 g/mol. The van der Waals surface area contributed by atoms with Crippen LogP contribution in [0, 0.1) is 18.3 Å². The number of aryl methyl sites for hydroxylation is 1. The summed E-state index contributed by atoms with van der Waals surface area (Å²) in [5, 5.41) is 18.4. The van der Waals surface area contributed by atoms with E-state index in [1.165, 1.54) is 23.1 Å². The van der Waals surface area contributed by atoms with Crippen LogP contribution >= 0.6 is 34.7 Å². The highest BCUT2D eigenvalue weighted by Gasteiger charge is 2.13. The first-order valence-corrected chi connectivity index (χ1v) is 7.56. The summed E-state index contributed by atoms with van der Waals surface area (Å²) in [5.41, 5.74) is 1.23. The summed E-state index contributed by atoms with van der Waals surface area (Å²) in [6, 6.07) is 7.12. The Morgan fingerprint density at radius 1 is 1.60 bits per heavy atom. The molecular weight excluding hydrogens is 316 g/mol. The number of aromatic nitrogens is 1. The maximum atomic E-state index is 10.7. The van der Waals surface area contributed by atoms with Crippen molar-refractivity contribution in [2.75, 3.05) is 0 Å². The molecule has 102 valence electrons. The molecule has 0 aliphatic heterocycles. The Bertz CT molecular complexity index is 707. The number of hydrogen-bond acceptors (Lipinski definition) is 5. The number of rotatable bonds is 4. The Balaban J connectivity index is 2.29. The molecule has 0 unspecified atom stereocenters. The minimum absolute atomic E-state index is 0.0370. The zero-order valence-corrected chi connectivity index (χ0v) is 12.8. The molecule has 7 heteroatoms. The molecule has 1 aromatic heterocycles. The van der Waals surface area contributed by atoms with Crippen LogP contribution in [0.15, 0.2) is 27.4 Å². The van der Waals surface area contributed by atoms with Crippen molar-refractivity contribution < 1.29 is 9.90 Å². The maximum absolute atomic E-state index is 10.7. The van der Waals surface area contributed by atoms with Crippen LogP contribution in [-0.4, -0.2) is 16.1 Å². The number of thiazole rings is 1. The number of carboxylic acids is 1. The number of nitriles is 1. The standard InChI is InChI=1S/C13H9ClN2O2S2/c1-7-10(5-12(17)18)19-13(16-7)20-11-4-9(14)3-2-8(11)6-15/h2-4H,5H2,1H3,(H,17,18). The maximum Gasteiger partial charge on any atom is 0.308 e. The second-order valence-electron chi connectivity index (χ2n) is 3.91. The van der Waals surface area contributed by atoms with E-state index in [4.69, 9.17) is 22.0 Å². The van der Waals surface area contributed by atoms with Gasteiger partial charge in [-0.15, -0.1) is 11.3 Å². The molecule has 1 aromatic carbocycles. The highest BCUT2D eigenvalue weighted by Crippen LogP contribution is 2.36. The van der Waals surface area contributed by atoms with Crippen molar-refractivity contribution >= 4 is 40.7 Å². The fourth-order valence-electron chi connectivity index (χ4n) is 1.51. The smallest absolute Gasteiger partial charge is 0.308 e. The van der Waals surface area contributed by atoms with E-state index < -0.39 is 5.97 Å². The lowest BCUT2D eigenvalue weighted by atomic mass is 10.2. The summed E-state index contributed by atoms with van der Waals surface area (Å²) in [6.07, 6.45) is -0.0370. The second-order valence-corrected chi connectivity index (χ2v) is 6.72. The molecule has 0 spiro atoms. The molecule has 1 heterocycles. The predicted octanol–water partition coefficient (Wildman–Crippen LogP) is 3.75. The first-order chi connectivity index (χ1) is 9.49. The molecule has 0 aliphatic carbocycles. The van der Waals surface area contributed by atoms with E-state index in [-0.39, 0.29) is 6.42 Å². The van der Waals surface area contributed by atoms with E-state index in [0.717, 1.165) is 9.77 Å². The average Bonchev–Trinajstić information content (AvgIpc) is 2.69. The summed E-state index contributed by atoms with van der Waals surface area (Å²) in [5.74, 6) is -0.881. The molecule has 0 aliphatic rings. The first-order valence-electron chi connectivity index (χ1n) is 5.55. The van der Waals surface area contributed by atoms with Crippen LogP contribution in [0.1, 0.15) is 16.1 Å². The quantitative estimate of drug-likeness (QED) is 0.927. The Kier molecular flexibility index (Phi) is 4.65. The molecule has 0 bridgehead atoms. The van der Waals surface area contributed by atoms with Gasteiger partial charge < -0.3 is 5.11 Å². The van der Waals surface area contributed by atoms with Gasteiger partial charge in [-0.1, -0.05) is 23.4 Å². The number of carboxylic acid groups (broad SMARTS) is 1. The third-order valence-electron chi connectivity index (χ3n) is 2.45. The molecule has 0 amide bonds. The van der Waals surface area contributed by atoms with Gasteiger partial charge in [0.15, 0.2) is 4.34 Å². The largest absolute Gasteiger partial charge is 0.481 e. The Morgan fingerprint density at radius 2 is 2.35 bits per heavy atom. The van der Waals surface area contributed by atoms with Crippen LogP contribution in [0.25, 0.3) is 0 Å². The number of hydrogen-bond donors (Lipinski definition) is 1. The van der Waals surface area contributed by atoms with Crippen LogP contribution < -0.4 is 0 Å². The molecule has 2 aromatic rings. The molecule has 0 saturated heterocycles. The summed E-state index contributed by atoms with van der Waals surface area (Å²) >= 11 is 8.58. The summed E-state index contributed by atoms with van der Waals surface area (Å²) in [7, 11) is 0. The highest BCUT2D eigenvalue weighted by atomic mass is 35.5. The van der Waals surface area contributed by atoms with Gasteiger partial charge >= 0.3 is 5.97 Å². The molecule has 4 nitrogen and oxygen atoms in total. The van der Waals surface area contributed by atoms with Crippen LogP contribution in [-0.2, 0) is 11.2 Å². The van der Waals surface area contributed by atoms with Crippen LogP contribution in [0.4, 0.5) is 0 Å². The van der Waals surface area contributed by atoms with E-state index in [1.54, 1.807) is 25.1 Å². The first kappa shape index (κ1) is 14.9. The van der Waals surface area contributed by atoms with Crippen LogP contribution in [0.5, 0.6) is 0 Å². The van der Waals surface area contributed by atoms with Crippen molar-refractivity contribution in [2.45, 2.75) is 22.6 Å². The van der Waals surface area contributed by atoms with Gasteiger partial charge in [-0.2, -0.15) is 5.26 Å². The van der Waals surface area contributed by atoms with Crippen molar-refractivity contribution in [1.29, 1.82) is 5.26 Å². The summed E-state index contributed by atoms with van der Waals surface area (Å²) < 4.78 is 0.706. The molecular formula is C13H9ClN2O2S2. The lowest BCUT2D eigenvalue weighted by Gasteiger charge is -2.01. The van der Waals surface area contributed by atoms with Crippen molar-refractivity contribution in [3.63, 3.8) is 0 Å². The van der Waals surface area contributed by atoms with Gasteiger partial charge in [-0.25, -0.2) is 4.98 Å². The van der Waals surface area contributed by atoms with Gasteiger partial charge in [-0.05, 0) is 25.1 Å². The van der Waals surface area contributed by atoms with Crippen molar-refractivity contribution in [3.05, 3.63) is 39.4 Å². The third kappa shape index (κ3) is 3.51. The van der Waals surface area contributed by atoms with E-state index >= 15 is 0 Å². The Morgan fingerprint density at radius 3 is 3.00 bits per heavy atom. The topological polar surface area (TPSA) is 74.0 Å². The van der Waals surface area contributed by atoms with E-state index in [0.29, 0.717) is 20.6 Å². The molecule has 0 fully saturated rings. The van der Waals surface area contributed by atoms with Crippen LogP contribution in [0.2, 0.25) is 5.02 Å². The van der Waals surface area contributed by atoms with E-state index in [9.17, 15) is 4.79 Å². The van der Waals surface area contributed by atoms with Gasteiger partial charge in [-0.3, -0.25) is 4.79 Å². The summed E-state index contributed by atoms with van der Waals surface area (Å²) in [6.45, 7) is 1.78. The second kappa shape index (κ2) is 6.27. The van der Waals surface area contributed by atoms with Crippen molar-refractivity contribution in [3.8, 4) is 6.07 Å². The number of aliphatic carboxylic acids is 1. The zero-order chi connectivity index (χ0) is 14.7. The zero-order valence-electron chi connectivity index (χ0n) is 10.4. The van der Waals surface area contributed by atoms with Gasteiger partial charge in [0.05, 0.1) is 17.7 Å². The number of nitrogens with zero attached hydrogens (tertiary/aromatic N) is 2. The van der Waals surface area contributed by atoms with Crippen molar-refractivity contribution in [1.82, 2.24) is 4.98 Å². The van der Waals surface area contributed by atoms with Gasteiger partial charge in [0.1, 0.15) is 6.07 Å². The summed E-state index contributed by atoms with van der Waals surface area (Å²) in [4.78, 5) is 16.5. The molecule has 2 rings (SSSR count). The van der Waals surface area contributed by atoms with E-state index in [2.05, 4.69) is 11.1 Å². The molecule has 20 heavy (non-hydrogen) atoms. The Hall–Kier alpha value is -1.55. The number of benzene rings is 1. The lowest BCUT2D eigenvalue weighted by molar-refractivity contribution is -0.136. The normalized spacial score (nSPS) is 10.2.